The third kappa shape index (κ3) is 3.92. The first kappa shape index (κ1) is 18.6. The van der Waals surface area contributed by atoms with E-state index in [-0.39, 0.29) is 35.6 Å². The number of nitrogens with one attached hydrogen (secondary N) is 1. The first-order valence-corrected chi connectivity index (χ1v) is 11.0. The maximum absolute atomic E-state index is 12.6. The Morgan fingerprint density at radius 2 is 1.96 bits per heavy atom. The number of ether oxygens (including phenoxy) is 2. The van der Waals surface area contributed by atoms with Crippen molar-refractivity contribution in [2.45, 2.75) is 17.4 Å². The van der Waals surface area contributed by atoms with E-state index in [2.05, 4.69) is 14.1 Å². The third-order valence-electron chi connectivity index (χ3n) is 4.28. The fourth-order valence-electron chi connectivity index (χ4n) is 2.85. The van der Waals surface area contributed by atoms with Gasteiger partial charge in [-0.05, 0) is 24.3 Å². The molecule has 3 aromatic rings. The number of fused-ring (bicyclic) bond motifs is 2. The lowest BCUT2D eigenvalue weighted by Crippen LogP contribution is -2.41. The van der Waals surface area contributed by atoms with Gasteiger partial charge in [-0.2, -0.15) is 8.75 Å². The molecule has 8 nitrogen and oxygen atoms in total. The average molecular weight is 419 g/mol. The Bertz CT molecular complexity index is 1110. The molecule has 0 radical (unpaired) electrons. The van der Waals surface area contributed by atoms with Gasteiger partial charge in [0.05, 0.1) is 28.9 Å². The molecule has 1 aromatic heterocycles. The van der Waals surface area contributed by atoms with Gasteiger partial charge in [-0.1, -0.05) is 18.2 Å². The Morgan fingerprint density at radius 1 is 1.14 bits per heavy atom. The number of sulfone groups is 1. The average Bonchev–Trinajstić information content (AvgIpc) is 3.19. The summed E-state index contributed by atoms with van der Waals surface area (Å²) in [5.41, 5.74) is 0.879. The van der Waals surface area contributed by atoms with Crippen LogP contribution in [0, 0.1) is 0 Å². The largest absolute Gasteiger partial charge is 0.486 e. The Balaban J connectivity index is 1.32. The highest BCUT2D eigenvalue weighted by molar-refractivity contribution is 7.91. The van der Waals surface area contributed by atoms with Crippen LogP contribution in [0.5, 0.6) is 11.5 Å². The predicted molar refractivity (Wildman–Crippen MR) is 103 cm³/mol. The van der Waals surface area contributed by atoms with E-state index in [1.165, 1.54) is 6.07 Å². The second-order valence-electron chi connectivity index (χ2n) is 6.26. The number of hydrogen-bond acceptors (Lipinski definition) is 8. The van der Waals surface area contributed by atoms with Crippen LogP contribution < -0.4 is 14.8 Å². The van der Waals surface area contributed by atoms with E-state index in [1.807, 2.05) is 18.2 Å². The van der Waals surface area contributed by atoms with Crippen LogP contribution in [0.4, 0.5) is 0 Å². The normalized spacial score (nSPS) is 16.1. The Kier molecular flexibility index (Phi) is 5.14. The first-order chi connectivity index (χ1) is 13.5. The maximum Gasteiger partial charge on any atom is 0.221 e. The van der Waals surface area contributed by atoms with Gasteiger partial charge in [-0.3, -0.25) is 4.79 Å². The molecule has 0 aliphatic carbocycles. The number of benzene rings is 2. The number of hydrogen-bond donors (Lipinski definition) is 1. The highest BCUT2D eigenvalue weighted by Crippen LogP contribution is 2.30. The molecule has 0 saturated carbocycles. The molecule has 1 aliphatic rings. The molecule has 4 rings (SSSR count). The lowest BCUT2D eigenvalue weighted by Gasteiger charge is -2.26. The van der Waals surface area contributed by atoms with E-state index < -0.39 is 9.84 Å². The number of amides is 1. The fourth-order valence-corrected chi connectivity index (χ4v) is 4.86. The SMILES string of the molecule is O=C(CCS(=O)(=O)c1cccc2nsnc12)NCC1COc2ccccc2O1. The summed E-state index contributed by atoms with van der Waals surface area (Å²) in [6.07, 6.45) is -0.481. The Labute approximate surface area is 165 Å². The minimum absolute atomic E-state index is 0.104. The Morgan fingerprint density at radius 3 is 2.82 bits per heavy atom. The van der Waals surface area contributed by atoms with Crippen LogP contribution in [0.1, 0.15) is 6.42 Å². The van der Waals surface area contributed by atoms with Crippen molar-refractivity contribution < 1.29 is 22.7 Å². The van der Waals surface area contributed by atoms with Crippen molar-refractivity contribution in [3.8, 4) is 11.5 Å². The molecule has 10 heteroatoms. The van der Waals surface area contributed by atoms with Crippen molar-refractivity contribution in [3.63, 3.8) is 0 Å². The van der Waals surface area contributed by atoms with Gasteiger partial charge in [0.15, 0.2) is 21.3 Å². The van der Waals surface area contributed by atoms with E-state index in [0.29, 0.717) is 29.1 Å². The number of carbonyl (C=O) groups excluding carboxylic acids is 1. The van der Waals surface area contributed by atoms with Gasteiger partial charge in [-0.25, -0.2) is 8.42 Å². The summed E-state index contributed by atoms with van der Waals surface area (Å²) in [4.78, 5) is 12.2. The van der Waals surface area contributed by atoms with Gasteiger partial charge in [0.1, 0.15) is 23.7 Å². The summed E-state index contributed by atoms with van der Waals surface area (Å²) < 4.78 is 44.7. The van der Waals surface area contributed by atoms with Crippen LogP contribution in [0.2, 0.25) is 0 Å². The van der Waals surface area contributed by atoms with E-state index in [1.54, 1.807) is 18.2 Å². The molecule has 1 unspecified atom stereocenters. The topological polar surface area (TPSA) is 107 Å². The number of aromatic nitrogens is 2. The molecule has 0 fully saturated rings. The summed E-state index contributed by atoms with van der Waals surface area (Å²) in [5.74, 6) is 0.623. The van der Waals surface area contributed by atoms with Gasteiger partial charge in [0, 0.05) is 6.42 Å². The molecule has 1 aliphatic heterocycles. The lowest BCUT2D eigenvalue weighted by atomic mass is 10.2. The molecule has 0 bridgehead atoms. The highest BCUT2D eigenvalue weighted by atomic mass is 32.2. The number of carbonyl (C=O) groups is 1. The van der Waals surface area contributed by atoms with Crippen molar-refractivity contribution in [2.24, 2.45) is 0 Å². The van der Waals surface area contributed by atoms with Crippen molar-refractivity contribution in [2.75, 3.05) is 18.9 Å². The maximum atomic E-state index is 12.6. The number of rotatable bonds is 6. The van der Waals surface area contributed by atoms with Gasteiger partial charge in [0.2, 0.25) is 5.91 Å². The summed E-state index contributed by atoms with van der Waals surface area (Å²) in [7, 11) is -3.65. The number of para-hydroxylation sites is 2. The van der Waals surface area contributed by atoms with Crippen LogP contribution in [-0.2, 0) is 14.6 Å². The smallest absolute Gasteiger partial charge is 0.221 e. The van der Waals surface area contributed by atoms with Crippen LogP contribution in [0.25, 0.3) is 11.0 Å². The molecule has 1 amide bonds. The summed E-state index contributed by atoms with van der Waals surface area (Å²) >= 11 is 0.957. The molecule has 2 heterocycles. The monoisotopic (exact) mass is 419 g/mol. The van der Waals surface area contributed by atoms with E-state index in [9.17, 15) is 13.2 Å². The predicted octanol–water partition coefficient (Wildman–Crippen LogP) is 1.81. The van der Waals surface area contributed by atoms with E-state index in [0.717, 1.165) is 11.7 Å². The standard InChI is InChI=1S/C18H17N3O5S2/c22-17(19-10-12-11-25-14-5-1-2-6-15(14)26-12)8-9-28(23,24)16-7-3-4-13-18(16)21-27-20-13/h1-7,12H,8-11H2,(H,19,22). The zero-order valence-corrected chi connectivity index (χ0v) is 16.3. The van der Waals surface area contributed by atoms with Gasteiger partial charge >= 0.3 is 0 Å². The van der Waals surface area contributed by atoms with Crippen LogP contribution in [-0.4, -0.2) is 48.1 Å². The van der Waals surface area contributed by atoms with Crippen molar-refractivity contribution in [1.82, 2.24) is 14.1 Å². The second kappa shape index (κ2) is 7.72. The second-order valence-corrected chi connectivity index (χ2v) is 8.86. The lowest BCUT2D eigenvalue weighted by molar-refractivity contribution is -0.121. The minimum Gasteiger partial charge on any atom is -0.486 e. The minimum atomic E-state index is -3.65. The fraction of sp³-hybridized carbons (Fsp3) is 0.278. The highest BCUT2D eigenvalue weighted by Gasteiger charge is 2.23. The molecule has 2 aromatic carbocycles. The molecular formula is C18H17N3O5S2. The molecule has 146 valence electrons. The van der Waals surface area contributed by atoms with Gasteiger partial charge in [-0.15, -0.1) is 0 Å². The van der Waals surface area contributed by atoms with Crippen molar-refractivity contribution >= 4 is 38.5 Å². The third-order valence-corrected chi connectivity index (χ3v) is 6.56. The van der Waals surface area contributed by atoms with Crippen molar-refractivity contribution in [1.29, 1.82) is 0 Å². The molecule has 28 heavy (non-hydrogen) atoms. The molecule has 0 saturated heterocycles. The Hall–Kier alpha value is -2.72. The molecule has 0 spiro atoms. The summed E-state index contributed by atoms with van der Waals surface area (Å²) in [6.45, 7) is 0.549. The quantitative estimate of drug-likeness (QED) is 0.649. The van der Waals surface area contributed by atoms with Crippen molar-refractivity contribution in [3.05, 3.63) is 42.5 Å². The molecular weight excluding hydrogens is 402 g/mol. The zero-order chi connectivity index (χ0) is 19.6. The van der Waals surface area contributed by atoms with E-state index in [4.69, 9.17) is 9.47 Å². The van der Waals surface area contributed by atoms with Gasteiger partial charge in [0.25, 0.3) is 0 Å². The summed E-state index contributed by atoms with van der Waals surface area (Å²) in [5, 5.41) is 2.71. The van der Waals surface area contributed by atoms with E-state index >= 15 is 0 Å². The van der Waals surface area contributed by atoms with Crippen LogP contribution in [0.15, 0.2) is 47.4 Å². The zero-order valence-electron chi connectivity index (χ0n) is 14.7. The molecule has 1 N–H and O–H groups in total. The number of nitrogens with zero attached hydrogens (tertiary/aromatic N) is 2. The first-order valence-electron chi connectivity index (χ1n) is 8.62. The van der Waals surface area contributed by atoms with Crippen LogP contribution in [0.3, 0.4) is 0 Å². The van der Waals surface area contributed by atoms with Crippen LogP contribution >= 0.6 is 11.7 Å². The van der Waals surface area contributed by atoms with Gasteiger partial charge < -0.3 is 14.8 Å². The summed E-state index contributed by atoms with van der Waals surface area (Å²) in [6, 6.07) is 12.1. The molecule has 1 atom stereocenters.